The summed E-state index contributed by atoms with van der Waals surface area (Å²) in [4.78, 5) is 44.4. The number of aliphatic hydroxyl groups excluding tert-OH is 1. The highest BCUT2D eigenvalue weighted by Crippen LogP contribution is 2.65. The van der Waals surface area contributed by atoms with Gasteiger partial charge in [-0.3, -0.25) is 14.4 Å². The molecule has 3 saturated heterocycles. The van der Waals surface area contributed by atoms with Crippen molar-refractivity contribution in [2.45, 2.75) is 117 Å². The summed E-state index contributed by atoms with van der Waals surface area (Å²) in [5.41, 5.74) is -1.87. The Hall–Kier alpha value is -2.65. The van der Waals surface area contributed by atoms with Crippen LogP contribution in [0, 0.1) is 23.2 Å². The Bertz CT molecular complexity index is 1180. The number of anilines is 1. The number of fused-ring (bicyclic) bond motifs is 1. The molecule has 3 aliphatic rings. The fraction of sp³-hybridized carbons (Fsp3) is 0.735. The molecule has 3 N–H and O–H groups in total. The second kappa shape index (κ2) is 12.4. The molecule has 3 fully saturated rings. The third-order valence-electron chi connectivity index (χ3n) is 9.52. The summed E-state index contributed by atoms with van der Waals surface area (Å²) in [6.45, 7) is 17.5. The standard InChI is InChI=1S/C34H53N3O6/c1-9-42-24-16-14-23(15-17-24)35-28(39)25-26-30(41)37(18-12-10-11-13-19-38)27(34(26)20-22(2)33(25,8)43-34)29(40)36-32(6,7)21-31(3,4)5/h14-17,22,25-27,38H,9-13,18-21H2,1-8H3,(H,35,39)(H,36,40)/t22?,25-,26+,27?,33+,34?/m1/s1. The van der Waals surface area contributed by atoms with Crippen LogP contribution in [0.3, 0.4) is 0 Å². The fourth-order valence-corrected chi connectivity index (χ4v) is 8.22. The first-order chi connectivity index (χ1) is 20.1. The van der Waals surface area contributed by atoms with E-state index in [1.165, 1.54) is 0 Å². The fourth-order valence-electron chi connectivity index (χ4n) is 8.22. The number of hydrogen-bond acceptors (Lipinski definition) is 6. The van der Waals surface area contributed by atoms with Crippen molar-refractivity contribution >= 4 is 23.4 Å². The Morgan fingerprint density at radius 3 is 2.33 bits per heavy atom. The molecule has 3 amide bonds. The molecule has 9 heteroatoms. The van der Waals surface area contributed by atoms with Crippen LogP contribution in [0.1, 0.15) is 93.9 Å². The van der Waals surface area contributed by atoms with Crippen LogP contribution >= 0.6 is 0 Å². The van der Waals surface area contributed by atoms with Gasteiger partial charge in [0.2, 0.25) is 17.7 Å². The van der Waals surface area contributed by atoms with E-state index in [-0.39, 0.29) is 35.7 Å². The van der Waals surface area contributed by atoms with Crippen molar-refractivity contribution < 1.29 is 29.0 Å². The van der Waals surface area contributed by atoms with Crippen LogP contribution in [0.5, 0.6) is 5.75 Å². The van der Waals surface area contributed by atoms with Crippen LogP contribution < -0.4 is 15.4 Å². The molecule has 43 heavy (non-hydrogen) atoms. The molecule has 240 valence electrons. The molecule has 0 aliphatic carbocycles. The van der Waals surface area contributed by atoms with Crippen molar-refractivity contribution in [3.8, 4) is 5.75 Å². The number of ether oxygens (including phenoxy) is 2. The maximum Gasteiger partial charge on any atom is 0.246 e. The lowest BCUT2D eigenvalue weighted by molar-refractivity contribution is -0.147. The van der Waals surface area contributed by atoms with Gasteiger partial charge in [-0.05, 0) is 89.0 Å². The smallest absolute Gasteiger partial charge is 0.246 e. The van der Waals surface area contributed by atoms with E-state index in [9.17, 15) is 19.5 Å². The number of amides is 3. The summed E-state index contributed by atoms with van der Waals surface area (Å²) in [6.07, 6.45) is 4.39. The van der Waals surface area contributed by atoms with Crippen LogP contribution in [0.2, 0.25) is 0 Å². The lowest BCUT2D eigenvalue weighted by Gasteiger charge is -2.38. The molecule has 1 aromatic carbocycles. The maximum atomic E-state index is 14.4. The van der Waals surface area contributed by atoms with Gasteiger partial charge in [0.25, 0.3) is 0 Å². The Morgan fingerprint density at radius 2 is 1.72 bits per heavy atom. The summed E-state index contributed by atoms with van der Waals surface area (Å²) in [5, 5.41) is 15.5. The number of carbonyl (C=O) groups excluding carboxylic acids is 3. The minimum absolute atomic E-state index is 0.0101. The van der Waals surface area contributed by atoms with E-state index in [2.05, 4.69) is 38.3 Å². The van der Waals surface area contributed by atoms with Gasteiger partial charge in [0.05, 0.1) is 24.0 Å². The summed E-state index contributed by atoms with van der Waals surface area (Å²) in [7, 11) is 0. The number of nitrogens with zero attached hydrogens (tertiary/aromatic N) is 1. The molecule has 0 radical (unpaired) electrons. The lowest BCUT2D eigenvalue weighted by atomic mass is 9.62. The second-order valence-corrected chi connectivity index (χ2v) is 14.9. The first kappa shape index (κ1) is 33.2. The zero-order valence-electron chi connectivity index (χ0n) is 27.4. The minimum atomic E-state index is -1.08. The Kier molecular flexibility index (Phi) is 9.58. The molecule has 1 spiro atoms. The largest absolute Gasteiger partial charge is 0.494 e. The van der Waals surface area contributed by atoms with E-state index in [0.29, 0.717) is 43.9 Å². The Balaban J connectivity index is 1.66. The van der Waals surface area contributed by atoms with E-state index in [1.807, 2.05) is 27.7 Å². The van der Waals surface area contributed by atoms with E-state index in [4.69, 9.17) is 9.47 Å². The van der Waals surface area contributed by atoms with Gasteiger partial charge in [-0.25, -0.2) is 0 Å². The van der Waals surface area contributed by atoms with Crippen molar-refractivity contribution in [2.24, 2.45) is 23.2 Å². The van der Waals surface area contributed by atoms with Gasteiger partial charge in [-0.2, -0.15) is 0 Å². The molecule has 4 rings (SSSR count). The Morgan fingerprint density at radius 1 is 1.07 bits per heavy atom. The average molecular weight is 600 g/mol. The lowest BCUT2D eigenvalue weighted by Crippen LogP contribution is -2.59. The number of rotatable bonds is 13. The zero-order chi connectivity index (χ0) is 31.8. The third-order valence-corrected chi connectivity index (χ3v) is 9.52. The average Bonchev–Trinajstić information content (AvgIpc) is 3.40. The van der Waals surface area contributed by atoms with Crippen molar-refractivity contribution in [3.05, 3.63) is 24.3 Å². The molecule has 0 aromatic heterocycles. The van der Waals surface area contributed by atoms with Gasteiger partial charge in [0, 0.05) is 24.4 Å². The molecule has 3 aliphatic heterocycles. The highest BCUT2D eigenvalue weighted by atomic mass is 16.5. The van der Waals surface area contributed by atoms with Crippen molar-refractivity contribution in [1.29, 1.82) is 0 Å². The van der Waals surface area contributed by atoms with E-state index < -0.39 is 34.6 Å². The number of carbonyl (C=O) groups is 3. The number of nitrogens with one attached hydrogen (secondary N) is 2. The quantitative estimate of drug-likeness (QED) is 0.277. The molecular weight excluding hydrogens is 546 g/mol. The topological polar surface area (TPSA) is 117 Å². The summed E-state index contributed by atoms with van der Waals surface area (Å²) >= 11 is 0. The summed E-state index contributed by atoms with van der Waals surface area (Å²) in [5.74, 6) is -1.48. The molecule has 3 unspecified atom stereocenters. The van der Waals surface area contributed by atoms with Gasteiger partial charge in [-0.15, -0.1) is 0 Å². The molecule has 3 heterocycles. The molecule has 2 bridgehead atoms. The van der Waals surface area contributed by atoms with Crippen LogP contribution in [0.25, 0.3) is 0 Å². The number of hydrogen-bond donors (Lipinski definition) is 3. The van der Waals surface area contributed by atoms with E-state index in [0.717, 1.165) is 19.3 Å². The van der Waals surface area contributed by atoms with Gasteiger partial charge < -0.3 is 30.1 Å². The van der Waals surface area contributed by atoms with Crippen LogP contribution in [-0.4, -0.2) is 70.3 Å². The van der Waals surface area contributed by atoms with Crippen molar-refractivity contribution in [2.75, 3.05) is 25.1 Å². The van der Waals surface area contributed by atoms with E-state index >= 15 is 0 Å². The maximum absolute atomic E-state index is 14.4. The number of aliphatic hydroxyl groups is 1. The molecular formula is C34H53N3O6. The normalized spacial score (nSPS) is 30.0. The van der Waals surface area contributed by atoms with E-state index in [1.54, 1.807) is 29.2 Å². The highest BCUT2D eigenvalue weighted by molar-refractivity contribution is 6.02. The van der Waals surface area contributed by atoms with Gasteiger partial charge >= 0.3 is 0 Å². The molecule has 9 nitrogen and oxygen atoms in total. The molecule has 0 saturated carbocycles. The summed E-state index contributed by atoms with van der Waals surface area (Å²) < 4.78 is 12.4. The van der Waals surface area contributed by atoms with Crippen LogP contribution in [0.15, 0.2) is 24.3 Å². The molecule has 6 atom stereocenters. The number of benzene rings is 1. The van der Waals surface area contributed by atoms with Gasteiger partial charge in [0.1, 0.15) is 17.4 Å². The first-order valence-electron chi connectivity index (χ1n) is 16.1. The van der Waals surface area contributed by atoms with Crippen LogP contribution in [0.4, 0.5) is 5.69 Å². The third kappa shape index (κ3) is 6.58. The number of unbranched alkanes of at least 4 members (excludes halogenated alkanes) is 3. The second-order valence-electron chi connectivity index (χ2n) is 14.9. The predicted molar refractivity (Wildman–Crippen MR) is 167 cm³/mol. The summed E-state index contributed by atoms with van der Waals surface area (Å²) in [6, 6.07) is 6.37. The zero-order valence-corrected chi connectivity index (χ0v) is 27.4. The van der Waals surface area contributed by atoms with Crippen molar-refractivity contribution in [1.82, 2.24) is 10.2 Å². The Labute approximate surface area is 257 Å². The first-order valence-corrected chi connectivity index (χ1v) is 16.1. The monoisotopic (exact) mass is 599 g/mol. The molecule has 1 aromatic rings. The number of likely N-dealkylation sites (tertiary alicyclic amines) is 1. The van der Waals surface area contributed by atoms with Crippen molar-refractivity contribution in [3.63, 3.8) is 0 Å². The minimum Gasteiger partial charge on any atom is -0.494 e. The SMILES string of the molecule is CCOc1ccc(NC(=O)[C@H]2[C@H]3C(=O)N(CCCCCCO)C(C(=O)NC(C)(C)CC(C)(C)C)C34CC(C)[C@]2(C)O4)cc1. The van der Waals surface area contributed by atoms with Gasteiger partial charge in [-0.1, -0.05) is 40.5 Å². The van der Waals surface area contributed by atoms with Crippen LogP contribution in [-0.2, 0) is 19.1 Å². The van der Waals surface area contributed by atoms with Gasteiger partial charge in [0.15, 0.2) is 0 Å². The predicted octanol–water partition coefficient (Wildman–Crippen LogP) is 4.92. The highest BCUT2D eigenvalue weighted by Gasteiger charge is 2.79.